The molecule has 214 valence electrons. The second kappa shape index (κ2) is 12.0. The Kier molecular flexibility index (Phi) is 8.22. The standard InChI is InChI=1S/C33H31N3O5S/c1-4-42(39,40)28-17-11-24(12-18-28)21-31(37)34-27-15-13-25(14-16-27)32-35-29-19-10-22(2)20-30(29)36(32)23(3)41-33(38)26-8-6-5-7-9-26/h5-20,23H,4,21H2,1-3H3,(H,34,37). The Labute approximate surface area is 244 Å². The fourth-order valence-electron chi connectivity index (χ4n) is 4.70. The number of carbonyl (C=O) groups excluding carboxylic acids is 2. The van der Waals surface area contributed by atoms with Crippen molar-refractivity contribution in [3.05, 3.63) is 114 Å². The second-order valence-corrected chi connectivity index (χ2v) is 12.3. The molecule has 0 spiro atoms. The second-order valence-electron chi connectivity index (χ2n) is 10.0. The SMILES string of the molecule is CCS(=O)(=O)c1ccc(CC(=O)Nc2ccc(-c3nc4ccc(C)cc4n3C(C)OC(=O)c3ccccc3)cc2)cc1. The Hall–Kier alpha value is -4.76. The van der Waals surface area contributed by atoms with Gasteiger partial charge in [0.25, 0.3) is 0 Å². The number of hydrogen-bond acceptors (Lipinski definition) is 6. The van der Waals surface area contributed by atoms with Crippen LogP contribution in [0.3, 0.4) is 0 Å². The number of nitrogens with zero attached hydrogens (tertiary/aromatic N) is 2. The lowest BCUT2D eigenvalue weighted by atomic mass is 10.1. The van der Waals surface area contributed by atoms with E-state index in [-0.39, 0.29) is 23.0 Å². The van der Waals surface area contributed by atoms with Crippen LogP contribution in [0.1, 0.15) is 41.6 Å². The Morgan fingerprint density at radius 1 is 0.929 bits per heavy atom. The summed E-state index contributed by atoms with van der Waals surface area (Å²) in [5, 5.41) is 2.89. The minimum atomic E-state index is -3.29. The summed E-state index contributed by atoms with van der Waals surface area (Å²) in [5.41, 5.74) is 5.24. The van der Waals surface area contributed by atoms with E-state index in [9.17, 15) is 18.0 Å². The van der Waals surface area contributed by atoms with E-state index < -0.39 is 22.0 Å². The zero-order valence-electron chi connectivity index (χ0n) is 23.6. The highest BCUT2D eigenvalue weighted by Crippen LogP contribution is 2.31. The number of nitrogens with one attached hydrogen (secondary N) is 1. The predicted octanol–water partition coefficient (Wildman–Crippen LogP) is 6.36. The highest BCUT2D eigenvalue weighted by Gasteiger charge is 2.21. The summed E-state index contributed by atoms with van der Waals surface area (Å²) < 4.78 is 31.8. The third-order valence-corrected chi connectivity index (χ3v) is 8.70. The number of fused-ring (bicyclic) bond motifs is 1. The summed E-state index contributed by atoms with van der Waals surface area (Å²) in [6.07, 6.45) is -0.536. The number of hydrogen-bond donors (Lipinski definition) is 1. The van der Waals surface area contributed by atoms with Gasteiger partial charge in [0, 0.05) is 11.3 Å². The zero-order chi connectivity index (χ0) is 29.9. The molecule has 0 aliphatic heterocycles. The minimum Gasteiger partial charge on any atom is -0.438 e. The molecule has 1 aromatic heterocycles. The van der Waals surface area contributed by atoms with E-state index in [2.05, 4.69) is 5.32 Å². The first-order chi connectivity index (χ1) is 20.1. The lowest BCUT2D eigenvalue weighted by Gasteiger charge is -2.19. The van der Waals surface area contributed by atoms with Gasteiger partial charge in [-0.25, -0.2) is 18.2 Å². The Bertz CT molecular complexity index is 1850. The highest BCUT2D eigenvalue weighted by atomic mass is 32.2. The van der Waals surface area contributed by atoms with Crippen LogP contribution >= 0.6 is 0 Å². The number of carbonyl (C=O) groups is 2. The van der Waals surface area contributed by atoms with Crippen LogP contribution in [0.25, 0.3) is 22.4 Å². The van der Waals surface area contributed by atoms with Gasteiger partial charge >= 0.3 is 5.97 Å². The molecule has 9 heteroatoms. The molecule has 1 heterocycles. The van der Waals surface area contributed by atoms with Crippen molar-refractivity contribution in [3.63, 3.8) is 0 Å². The predicted molar refractivity (Wildman–Crippen MR) is 163 cm³/mol. The quantitative estimate of drug-likeness (QED) is 0.203. The monoisotopic (exact) mass is 581 g/mol. The van der Waals surface area contributed by atoms with Gasteiger partial charge in [-0.05, 0) is 85.6 Å². The molecule has 0 aliphatic rings. The average Bonchev–Trinajstić information content (AvgIpc) is 3.37. The molecule has 0 aliphatic carbocycles. The number of rotatable bonds is 9. The van der Waals surface area contributed by atoms with Crippen molar-refractivity contribution in [3.8, 4) is 11.4 Å². The highest BCUT2D eigenvalue weighted by molar-refractivity contribution is 7.91. The molecular formula is C33H31N3O5S. The molecule has 5 aromatic rings. The van der Waals surface area contributed by atoms with Crippen LogP contribution in [0.15, 0.2) is 102 Å². The molecule has 1 atom stereocenters. The fourth-order valence-corrected chi connectivity index (χ4v) is 5.58. The van der Waals surface area contributed by atoms with Crippen molar-refractivity contribution in [1.29, 1.82) is 0 Å². The molecule has 5 rings (SSSR count). The molecular weight excluding hydrogens is 550 g/mol. The van der Waals surface area contributed by atoms with Gasteiger partial charge in [-0.1, -0.05) is 43.3 Å². The third kappa shape index (κ3) is 6.26. The van der Waals surface area contributed by atoms with Gasteiger partial charge < -0.3 is 10.1 Å². The van der Waals surface area contributed by atoms with E-state index >= 15 is 0 Å². The lowest BCUT2D eigenvalue weighted by Crippen LogP contribution is -2.16. The summed E-state index contributed by atoms with van der Waals surface area (Å²) in [7, 11) is -3.29. The number of imidazole rings is 1. The van der Waals surface area contributed by atoms with E-state index in [1.807, 2.05) is 54.8 Å². The minimum absolute atomic E-state index is 0.0243. The topological polar surface area (TPSA) is 107 Å². The molecule has 4 aromatic carbocycles. The fraction of sp³-hybridized carbons (Fsp3) is 0.182. The lowest BCUT2D eigenvalue weighted by molar-refractivity contribution is -0.115. The van der Waals surface area contributed by atoms with Crippen molar-refractivity contribution in [2.24, 2.45) is 0 Å². The van der Waals surface area contributed by atoms with Crippen LogP contribution in [0.2, 0.25) is 0 Å². The molecule has 1 N–H and O–H groups in total. The number of anilines is 1. The molecule has 0 radical (unpaired) electrons. The van der Waals surface area contributed by atoms with Crippen molar-refractivity contribution in [2.45, 2.75) is 38.3 Å². The van der Waals surface area contributed by atoms with E-state index in [4.69, 9.17) is 9.72 Å². The maximum Gasteiger partial charge on any atom is 0.340 e. The molecule has 0 saturated carbocycles. The molecule has 0 fully saturated rings. The van der Waals surface area contributed by atoms with Crippen LogP contribution in [0.4, 0.5) is 5.69 Å². The van der Waals surface area contributed by atoms with Gasteiger partial charge in [0.1, 0.15) is 5.82 Å². The zero-order valence-corrected chi connectivity index (χ0v) is 24.4. The van der Waals surface area contributed by atoms with Gasteiger partial charge in [-0.2, -0.15) is 0 Å². The summed E-state index contributed by atoms with van der Waals surface area (Å²) >= 11 is 0. The third-order valence-electron chi connectivity index (χ3n) is 6.95. The summed E-state index contributed by atoms with van der Waals surface area (Å²) in [6.45, 7) is 5.41. The van der Waals surface area contributed by atoms with Crippen molar-refractivity contribution >= 4 is 38.4 Å². The Morgan fingerprint density at radius 2 is 1.62 bits per heavy atom. The first-order valence-corrected chi connectivity index (χ1v) is 15.3. The van der Waals surface area contributed by atoms with Gasteiger partial charge in [0.15, 0.2) is 16.1 Å². The average molecular weight is 582 g/mol. The van der Waals surface area contributed by atoms with E-state index in [0.717, 1.165) is 22.2 Å². The smallest absolute Gasteiger partial charge is 0.340 e. The summed E-state index contributed by atoms with van der Waals surface area (Å²) in [5.74, 6) is 0.00134. The normalized spacial score (nSPS) is 12.2. The number of esters is 1. The maximum atomic E-state index is 12.8. The van der Waals surface area contributed by atoms with Crippen LogP contribution in [0, 0.1) is 6.92 Å². The van der Waals surface area contributed by atoms with E-state index in [1.54, 1.807) is 55.5 Å². The molecule has 0 bridgehead atoms. The molecule has 1 unspecified atom stereocenters. The first kappa shape index (κ1) is 28.8. The summed E-state index contributed by atoms with van der Waals surface area (Å²) in [4.78, 5) is 30.6. The molecule has 1 amide bonds. The van der Waals surface area contributed by atoms with Crippen LogP contribution in [-0.4, -0.2) is 35.6 Å². The van der Waals surface area contributed by atoms with Gasteiger partial charge in [-0.3, -0.25) is 9.36 Å². The number of aryl methyl sites for hydroxylation is 1. The van der Waals surface area contributed by atoms with Crippen LogP contribution < -0.4 is 5.32 Å². The van der Waals surface area contributed by atoms with Gasteiger partial charge in [0.05, 0.1) is 33.7 Å². The maximum absolute atomic E-state index is 12.8. The summed E-state index contributed by atoms with van der Waals surface area (Å²) in [6, 6.07) is 28.5. The van der Waals surface area contributed by atoms with Crippen molar-refractivity contribution in [2.75, 3.05) is 11.1 Å². The first-order valence-electron chi connectivity index (χ1n) is 13.6. The molecule has 8 nitrogen and oxygen atoms in total. The van der Waals surface area contributed by atoms with Gasteiger partial charge in [-0.15, -0.1) is 0 Å². The van der Waals surface area contributed by atoms with Crippen molar-refractivity contribution < 1.29 is 22.7 Å². The number of sulfone groups is 1. The largest absolute Gasteiger partial charge is 0.438 e. The van der Waals surface area contributed by atoms with Gasteiger partial charge in [0.2, 0.25) is 5.91 Å². The number of aromatic nitrogens is 2. The number of ether oxygens (including phenoxy) is 1. The van der Waals surface area contributed by atoms with Crippen LogP contribution in [0.5, 0.6) is 0 Å². The molecule has 42 heavy (non-hydrogen) atoms. The van der Waals surface area contributed by atoms with E-state index in [1.165, 1.54) is 12.1 Å². The number of amides is 1. The Balaban J connectivity index is 1.35. The van der Waals surface area contributed by atoms with Crippen molar-refractivity contribution in [1.82, 2.24) is 9.55 Å². The van der Waals surface area contributed by atoms with Crippen LogP contribution in [-0.2, 0) is 25.8 Å². The van der Waals surface area contributed by atoms with E-state index in [0.29, 0.717) is 22.6 Å². The Morgan fingerprint density at radius 3 is 2.29 bits per heavy atom. The molecule has 0 saturated heterocycles. The number of benzene rings is 4.